The molecule has 23 heavy (non-hydrogen) atoms. The molecule has 6 heteroatoms. The van der Waals surface area contributed by atoms with E-state index in [0.29, 0.717) is 13.2 Å². The van der Waals surface area contributed by atoms with Gasteiger partial charge in [-0.05, 0) is 44.7 Å². The van der Waals surface area contributed by atoms with Crippen LogP contribution in [0, 0.1) is 5.92 Å². The number of imidazole rings is 1. The lowest BCUT2D eigenvalue weighted by Crippen LogP contribution is -2.46. The smallest absolute Gasteiger partial charge is 0.234 e. The number of nitrogens with zero attached hydrogens (tertiary/aromatic N) is 3. The van der Waals surface area contributed by atoms with E-state index in [2.05, 4.69) is 22.1 Å². The van der Waals surface area contributed by atoms with Crippen LogP contribution in [0.25, 0.3) is 0 Å². The zero-order valence-electron chi connectivity index (χ0n) is 14.2. The highest BCUT2D eigenvalue weighted by molar-refractivity contribution is 5.78. The van der Waals surface area contributed by atoms with Gasteiger partial charge in [-0.1, -0.05) is 6.92 Å². The topological polar surface area (TPSA) is 59.4 Å². The van der Waals surface area contributed by atoms with Crippen LogP contribution in [0.4, 0.5) is 0 Å². The Hall–Kier alpha value is -1.40. The summed E-state index contributed by atoms with van der Waals surface area (Å²) >= 11 is 0. The molecule has 0 spiro atoms. The van der Waals surface area contributed by atoms with E-state index in [1.807, 2.05) is 17.8 Å². The van der Waals surface area contributed by atoms with E-state index >= 15 is 0 Å². The number of piperidine rings is 1. The lowest BCUT2D eigenvalue weighted by Gasteiger charge is -2.32. The standard InChI is InChI=1S/C17H28N4O2/c1-13-3-6-21(7-4-13)11-17(22)19-14-5-8-23-16(9-14)15-10-18-12-20(15)2/h10,12-14,16H,3-9,11H2,1-2H3,(H,19,22)/t14-,16-/m0/s1. The summed E-state index contributed by atoms with van der Waals surface area (Å²) < 4.78 is 7.84. The van der Waals surface area contributed by atoms with Crippen LogP contribution in [0.1, 0.15) is 44.4 Å². The first-order chi connectivity index (χ1) is 11.1. The van der Waals surface area contributed by atoms with Crippen molar-refractivity contribution >= 4 is 5.91 Å². The Labute approximate surface area is 138 Å². The van der Waals surface area contributed by atoms with Crippen LogP contribution in [-0.2, 0) is 16.6 Å². The summed E-state index contributed by atoms with van der Waals surface area (Å²) in [5.74, 6) is 0.944. The molecule has 1 amide bonds. The van der Waals surface area contributed by atoms with Gasteiger partial charge in [-0.2, -0.15) is 0 Å². The summed E-state index contributed by atoms with van der Waals surface area (Å²) in [7, 11) is 1.98. The number of nitrogens with one attached hydrogen (secondary N) is 1. The molecule has 3 heterocycles. The summed E-state index contributed by atoms with van der Waals surface area (Å²) in [6.45, 7) is 5.58. The van der Waals surface area contributed by atoms with Crippen molar-refractivity contribution in [1.82, 2.24) is 19.8 Å². The highest BCUT2D eigenvalue weighted by Gasteiger charge is 2.27. The largest absolute Gasteiger partial charge is 0.372 e. The number of hydrogen-bond donors (Lipinski definition) is 1. The molecule has 2 saturated heterocycles. The molecule has 0 bridgehead atoms. The predicted octanol–water partition coefficient (Wildman–Crippen LogP) is 1.49. The number of carbonyl (C=O) groups excluding carboxylic acids is 1. The van der Waals surface area contributed by atoms with Crippen LogP contribution in [0.3, 0.4) is 0 Å². The molecule has 2 fully saturated rings. The molecule has 0 unspecified atom stereocenters. The summed E-state index contributed by atoms with van der Waals surface area (Å²) in [5.41, 5.74) is 1.08. The van der Waals surface area contributed by atoms with Crippen LogP contribution < -0.4 is 5.32 Å². The third-order valence-electron chi connectivity index (χ3n) is 5.08. The zero-order chi connectivity index (χ0) is 16.2. The highest BCUT2D eigenvalue weighted by atomic mass is 16.5. The maximum absolute atomic E-state index is 12.3. The summed E-state index contributed by atoms with van der Waals surface area (Å²) in [6.07, 6.45) is 7.78. The molecule has 128 valence electrons. The van der Waals surface area contributed by atoms with Crippen molar-refractivity contribution in [2.45, 2.75) is 44.8 Å². The van der Waals surface area contributed by atoms with Gasteiger partial charge in [-0.25, -0.2) is 4.98 Å². The fourth-order valence-corrected chi connectivity index (χ4v) is 3.51. The minimum atomic E-state index is 0.0254. The number of aromatic nitrogens is 2. The van der Waals surface area contributed by atoms with E-state index in [9.17, 15) is 4.79 Å². The van der Waals surface area contributed by atoms with E-state index in [1.165, 1.54) is 12.8 Å². The van der Waals surface area contributed by atoms with Gasteiger partial charge in [0, 0.05) is 19.7 Å². The van der Waals surface area contributed by atoms with Gasteiger partial charge in [0.25, 0.3) is 0 Å². The second kappa shape index (κ2) is 7.45. The van der Waals surface area contributed by atoms with Crippen molar-refractivity contribution in [2.75, 3.05) is 26.2 Å². The van der Waals surface area contributed by atoms with Crippen molar-refractivity contribution in [1.29, 1.82) is 0 Å². The highest BCUT2D eigenvalue weighted by Crippen LogP contribution is 2.27. The lowest BCUT2D eigenvalue weighted by molar-refractivity contribution is -0.124. The second-order valence-electron chi connectivity index (χ2n) is 7.04. The Bertz CT molecular complexity index is 522. The van der Waals surface area contributed by atoms with Gasteiger partial charge in [-0.15, -0.1) is 0 Å². The molecule has 0 aromatic carbocycles. The Morgan fingerprint density at radius 3 is 2.87 bits per heavy atom. The van der Waals surface area contributed by atoms with Gasteiger partial charge in [0.05, 0.1) is 24.8 Å². The fourth-order valence-electron chi connectivity index (χ4n) is 3.51. The normalized spacial score (nSPS) is 27.0. The Kier molecular flexibility index (Phi) is 5.33. The monoisotopic (exact) mass is 320 g/mol. The maximum Gasteiger partial charge on any atom is 0.234 e. The molecule has 1 N–H and O–H groups in total. The third-order valence-corrected chi connectivity index (χ3v) is 5.08. The van der Waals surface area contributed by atoms with E-state index in [0.717, 1.165) is 37.5 Å². The zero-order valence-corrected chi connectivity index (χ0v) is 14.2. The molecule has 3 rings (SSSR count). The number of rotatable bonds is 4. The summed E-state index contributed by atoms with van der Waals surface area (Å²) in [5, 5.41) is 3.20. The molecule has 0 aliphatic carbocycles. The van der Waals surface area contributed by atoms with E-state index in [4.69, 9.17) is 4.74 Å². The average Bonchev–Trinajstić information content (AvgIpc) is 2.96. The number of hydrogen-bond acceptors (Lipinski definition) is 4. The number of amides is 1. The van der Waals surface area contributed by atoms with Crippen molar-refractivity contribution in [2.24, 2.45) is 13.0 Å². The van der Waals surface area contributed by atoms with E-state index < -0.39 is 0 Å². The predicted molar refractivity (Wildman–Crippen MR) is 87.9 cm³/mol. The molecule has 0 saturated carbocycles. The Morgan fingerprint density at radius 2 is 2.17 bits per heavy atom. The summed E-state index contributed by atoms with van der Waals surface area (Å²) in [4.78, 5) is 18.7. The van der Waals surface area contributed by atoms with Gasteiger partial charge in [0.2, 0.25) is 5.91 Å². The number of likely N-dealkylation sites (tertiary alicyclic amines) is 1. The quantitative estimate of drug-likeness (QED) is 0.913. The molecule has 2 aliphatic heterocycles. The molecule has 2 aliphatic rings. The SMILES string of the molecule is CC1CCN(CC(=O)N[C@H]2CCO[C@H](c3cncn3C)C2)CC1. The van der Waals surface area contributed by atoms with E-state index in [-0.39, 0.29) is 18.1 Å². The van der Waals surface area contributed by atoms with Crippen LogP contribution >= 0.6 is 0 Å². The first-order valence-corrected chi connectivity index (χ1v) is 8.71. The van der Waals surface area contributed by atoms with Crippen molar-refractivity contribution in [3.8, 4) is 0 Å². The third kappa shape index (κ3) is 4.32. The molecular weight excluding hydrogens is 292 g/mol. The van der Waals surface area contributed by atoms with Gasteiger partial charge in [-0.3, -0.25) is 9.69 Å². The summed E-state index contributed by atoms with van der Waals surface area (Å²) in [6, 6.07) is 0.194. The van der Waals surface area contributed by atoms with Crippen molar-refractivity contribution < 1.29 is 9.53 Å². The molecule has 2 atom stereocenters. The van der Waals surface area contributed by atoms with Gasteiger partial charge in [0.1, 0.15) is 6.10 Å². The maximum atomic E-state index is 12.3. The van der Waals surface area contributed by atoms with Gasteiger partial charge in [0.15, 0.2) is 0 Å². The van der Waals surface area contributed by atoms with Gasteiger partial charge < -0.3 is 14.6 Å². The first kappa shape index (κ1) is 16.5. The molecule has 6 nitrogen and oxygen atoms in total. The number of carbonyl (C=O) groups is 1. The Balaban J connectivity index is 1.47. The molecule has 1 aromatic rings. The molecule has 0 radical (unpaired) electrons. The number of aryl methyl sites for hydroxylation is 1. The average molecular weight is 320 g/mol. The van der Waals surface area contributed by atoms with Crippen LogP contribution in [0.5, 0.6) is 0 Å². The fraction of sp³-hybridized carbons (Fsp3) is 0.765. The van der Waals surface area contributed by atoms with Crippen LogP contribution in [0.2, 0.25) is 0 Å². The second-order valence-corrected chi connectivity index (χ2v) is 7.04. The van der Waals surface area contributed by atoms with Crippen molar-refractivity contribution in [3.63, 3.8) is 0 Å². The minimum Gasteiger partial charge on any atom is -0.372 e. The van der Waals surface area contributed by atoms with Crippen molar-refractivity contribution in [3.05, 3.63) is 18.2 Å². The minimum absolute atomic E-state index is 0.0254. The van der Waals surface area contributed by atoms with E-state index in [1.54, 1.807) is 6.33 Å². The lowest BCUT2D eigenvalue weighted by atomic mass is 9.99. The molecule has 1 aromatic heterocycles. The number of ether oxygens (including phenoxy) is 1. The van der Waals surface area contributed by atoms with Gasteiger partial charge >= 0.3 is 0 Å². The first-order valence-electron chi connectivity index (χ1n) is 8.71. The van der Waals surface area contributed by atoms with Crippen LogP contribution in [-0.4, -0.2) is 52.6 Å². The molecular formula is C17H28N4O2. The Morgan fingerprint density at radius 1 is 1.39 bits per heavy atom. The van der Waals surface area contributed by atoms with Crippen LogP contribution in [0.15, 0.2) is 12.5 Å².